The molecule has 1 aromatic rings. The Labute approximate surface area is 208 Å². The van der Waals surface area contributed by atoms with Crippen LogP contribution in [0.5, 0.6) is 0 Å². The van der Waals surface area contributed by atoms with Crippen LogP contribution in [-0.4, -0.2) is 67.0 Å². The molecule has 0 spiro atoms. The second kappa shape index (κ2) is 12.2. The van der Waals surface area contributed by atoms with Crippen molar-refractivity contribution < 1.29 is 37.4 Å². The Morgan fingerprint density at radius 1 is 1.14 bits per heavy atom. The van der Waals surface area contributed by atoms with E-state index in [1.54, 1.807) is 6.92 Å². The molecule has 1 saturated heterocycles. The summed E-state index contributed by atoms with van der Waals surface area (Å²) in [6.45, 7) is 1.44. The van der Waals surface area contributed by atoms with Gasteiger partial charge in [-0.2, -0.15) is 0 Å². The molecule has 2 aliphatic rings. The van der Waals surface area contributed by atoms with Gasteiger partial charge in [-0.15, -0.1) is 0 Å². The molecule has 3 rings (SSSR count). The quantitative estimate of drug-likeness (QED) is 0.416. The van der Waals surface area contributed by atoms with Gasteiger partial charge in [0.05, 0.1) is 13.2 Å². The minimum absolute atomic E-state index is 0.0189. The third kappa shape index (κ3) is 6.99. The van der Waals surface area contributed by atoms with Crippen LogP contribution in [-0.2, 0) is 35.2 Å². The number of nitrogens with one attached hydrogen (secondary N) is 2. The van der Waals surface area contributed by atoms with Crippen LogP contribution in [0.2, 0.25) is 0 Å². The zero-order valence-corrected chi connectivity index (χ0v) is 20.7. The predicted molar refractivity (Wildman–Crippen MR) is 124 cm³/mol. The van der Waals surface area contributed by atoms with Gasteiger partial charge in [-0.05, 0) is 31.7 Å². The van der Waals surface area contributed by atoms with E-state index >= 15 is 0 Å². The Morgan fingerprint density at radius 2 is 1.86 bits per heavy atom. The van der Waals surface area contributed by atoms with Gasteiger partial charge in [-0.3, -0.25) is 14.4 Å². The summed E-state index contributed by atoms with van der Waals surface area (Å²) in [4.78, 5) is 51.8. The third-order valence-corrected chi connectivity index (χ3v) is 6.75. The Bertz CT molecular complexity index is 987. The first-order valence-electron chi connectivity index (χ1n) is 12.1. The molecule has 2 fully saturated rings. The highest BCUT2D eigenvalue weighted by Crippen LogP contribution is 2.33. The summed E-state index contributed by atoms with van der Waals surface area (Å²) in [7, 11) is 2.64. The zero-order valence-electron chi connectivity index (χ0n) is 20.7. The molecule has 2 N–H and O–H groups in total. The highest BCUT2D eigenvalue weighted by Gasteiger charge is 2.37. The van der Waals surface area contributed by atoms with Crippen molar-refractivity contribution in [3.8, 4) is 0 Å². The molecule has 0 aromatic heterocycles. The van der Waals surface area contributed by atoms with Gasteiger partial charge >= 0.3 is 5.97 Å². The minimum atomic E-state index is -1.10. The van der Waals surface area contributed by atoms with Crippen molar-refractivity contribution in [2.24, 2.45) is 5.92 Å². The normalized spacial score (nSPS) is 20.0. The predicted octanol–water partition coefficient (Wildman–Crippen LogP) is 1.82. The smallest absolute Gasteiger partial charge is 0.328 e. The molecule has 1 saturated carbocycles. The van der Waals surface area contributed by atoms with Gasteiger partial charge in [0.2, 0.25) is 17.7 Å². The Morgan fingerprint density at radius 3 is 2.50 bits per heavy atom. The molecule has 9 nitrogen and oxygen atoms in total. The van der Waals surface area contributed by atoms with Crippen LogP contribution in [0.25, 0.3) is 0 Å². The number of rotatable bonds is 12. The Balaban J connectivity index is 1.65. The number of benzene rings is 1. The lowest BCUT2D eigenvalue weighted by atomic mass is 10.1. The summed E-state index contributed by atoms with van der Waals surface area (Å²) < 4.78 is 37.8. The van der Waals surface area contributed by atoms with Crippen LogP contribution in [0, 0.1) is 17.6 Å². The second-order valence-corrected chi connectivity index (χ2v) is 9.38. The lowest BCUT2D eigenvalue weighted by Crippen LogP contribution is -2.56. The van der Waals surface area contributed by atoms with Gasteiger partial charge in [0.1, 0.15) is 12.1 Å². The number of carbonyl (C=O) groups is 4. The SMILES string of the molecule is COC(=O)[C@H](CC1CC1)NC(=O)[C@@H](NC(=O)C[C@@H]1CCC(=O)N1Cc1cccc(F)c1F)[C@@H](C)OC. The molecule has 1 aliphatic carbocycles. The van der Waals surface area contributed by atoms with Crippen LogP contribution >= 0.6 is 0 Å². The number of hydrogen-bond acceptors (Lipinski definition) is 6. The average Bonchev–Trinajstić information content (AvgIpc) is 3.62. The largest absolute Gasteiger partial charge is 0.467 e. The fourth-order valence-corrected chi connectivity index (χ4v) is 4.36. The molecule has 4 atom stereocenters. The number of esters is 1. The summed E-state index contributed by atoms with van der Waals surface area (Å²) in [6, 6.07) is 1.27. The third-order valence-electron chi connectivity index (χ3n) is 6.75. The maximum absolute atomic E-state index is 14.1. The van der Waals surface area contributed by atoms with Gasteiger partial charge in [-0.1, -0.05) is 25.0 Å². The van der Waals surface area contributed by atoms with Gasteiger partial charge in [-0.25, -0.2) is 13.6 Å². The lowest BCUT2D eigenvalue weighted by molar-refractivity contribution is -0.146. The van der Waals surface area contributed by atoms with Crippen molar-refractivity contribution >= 4 is 23.7 Å². The topological polar surface area (TPSA) is 114 Å². The monoisotopic (exact) mass is 509 g/mol. The van der Waals surface area contributed by atoms with Gasteiger partial charge in [0.15, 0.2) is 11.6 Å². The van der Waals surface area contributed by atoms with E-state index in [4.69, 9.17) is 9.47 Å². The van der Waals surface area contributed by atoms with E-state index in [9.17, 15) is 28.0 Å². The number of halogens is 2. The standard InChI is InChI=1S/C25H33F2N3O6/c1-14(35-2)23(24(33)28-19(25(34)36-3)11-15-7-8-15)29-20(31)12-17-9-10-21(32)30(17)13-16-5-4-6-18(26)22(16)27/h4-6,14-15,17,19,23H,7-13H2,1-3H3,(H,28,33)(H,29,31)/t14-,17+,19+,23+/m1/s1. The van der Waals surface area contributed by atoms with Crippen molar-refractivity contribution in [2.45, 2.75) is 76.2 Å². The first kappa shape index (κ1) is 27.5. The molecule has 3 amide bonds. The molecule has 0 unspecified atom stereocenters. The number of carbonyl (C=O) groups excluding carboxylic acids is 4. The van der Waals surface area contributed by atoms with Crippen molar-refractivity contribution in [1.82, 2.24) is 15.5 Å². The second-order valence-electron chi connectivity index (χ2n) is 9.38. The molecule has 1 heterocycles. The number of likely N-dealkylation sites (tertiary alicyclic amines) is 1. The summed E-state index contributed by atoms with van der Waals surface area (Å²) in [5.74, 6) is -3.63. The fraction of sp³-hybridized carbons (Fsp3) is 0.600. The van der Waals surface area contributed by atoms with E-state index in [0.29, 0.717) is 18.8 Å². The summed E-state index contributed by atoms with van der Waals surface area (Å²) in [5.41, 5.74) is 0.0189. The van der Waals surface area contributed by atoms with Crippen molar-refractivity contribution in [3.63, 3.8) is 0 Å². The van der Waals surface area contributed by atoms with E-state index < -0.39 is 53.6 Å². The number of hydrogen-bond donors (Lipinski definition) is 2. The summed E-state index contributed by atoms with van der Waals surface area (Å²) in [6.07, 6.45) is 2.11. The molecular weight excluding hydrogens is 476 g/mol. The number of ether oxygens (including phenoxy) is 2. The van der Waals surface area contributed by atoms with E-state index in [-0.39, 0.29) is 30.9 Å². The number of methoxy groups -OCH3 is 2. The van der Waals surface area contributed by atoms with Crippen molar-refractivity contribution in [2.75, 3.05) is 14.2 Å². The van der Waals surface area contributed by atoms with Gasteiger partial charge in [0, 0.05) is 38.1 Å². The first-order chi connectivity index (χ1) is 17.1. The van der Waals surface area contributed by atoms with E-state index in [0.717, 1.165) is 18.9 Å². The van der Waals surface area contributed by atoms with Crippen molar-refractivity contribution in [3.05, 3.63) is 35.4 Å². The number of amides is 3. The Kier molecular flexibility index (Phi) is 9.36. The average molecular weight is 510 g/mol. The zero-order chi connectivity index (χ0) is 26.4. The molecule has 11 heteroatoms. The van der Waals surface area contributed by atoms with Crippen LogP contribution in [0.1, 0.15) is 51.0 Å². The maximum Gasteiger partial charge on any atom is 0.328 e. The Hall–Kier alpha value is -3.08. The van der Waals surface area contributed by atoms with Gasteiger partial charge < -0.3 is 25.0 Å². The molecule has 0 bridgehead atoms. The maximum atomic E-state index is 14.1. The van der Waals surface area contributed by atoms with E-state index in [1.165, 1.54) is 31.3 Å². The molecule has 1 aliphatic heterocycles. The van der Waals surface area contributed by atoms with Crippen LogP contribution in [0.3, 0.4) is 0 Å². The van der Waals surface area contributed by atoms with Crippen LogP contribution < -0.4 is 10.6 Å². The summed E-state index contributed by atoms with van der Waals surface area (Å²) in [5, 5.41) is 5.31. The molecule has 198 valence electrons. The first-order valence-corrected chi connectivity index (χ1v) is 12.1. The fourth-order valence-electron chi connectivity index (χ4n) is 4.36. The van der Waals surface area contributed by atoms with Gasteiger partial charge in [0.25, 0.3) is 0 Å². The van der Waals surface area contributed by atoms with Crippen LogP contribution in [0.4, 0.5) is 8.78 Å². The van der Waals surface area contributed by atoms with Crippen molar-refractivity contribution in [1.29, 1.82) is 0 Å². The van der Waals surface area contributed by atoms with E-state index in [1.807, 2.05) is 0 Å². The van der Waals surface area contributed by atoms with E-state index in [2.05, 4.69) is 10.6 Å². The molecule has 1 aromatic carbocycles. The molecule has 0 radical (unpaired) electrons. The summed E-state index contributed by atoms with van der Waals surface area (Å²) >= 11 is 0. The molecule has 36 heavy (non-hydrogen) atoms. The highest BCUT2D eigenvalue weighted by atomic mass is 19.2. The van der Waals surface area contributed by atoms with Crippen LogP contribution in [0.15, 0.2) is 18.2 Å². The lowest BCUT2D eigenvalue weighted by Gasteiger charge is -2.28. The molecular formula is C25H33F2N3O6. The number of nitrogens with zero attached hydrogens (tertiary/aromatic N) is 1. The highest BCUT2D eigenvalue weighted by molar-refractivity contribution is 5.91. The minimum Gasteiger partial charge on any atom is -0.467 e.